The molecule has 6 aliphatic rings. The molecule has 0 aromatic heterocycles. The van der Waals surface area contributed by atoms with Crippen molar-refractivity contribution >= 4 is 11.6 Å². The van der Waals surface area contributed by atoms with Gasteiger partial charge in [0.15, 0.2) is 0 Å². The normalized spacial score (nSPS) is 85.4. The van der Waals surface area contributed by atoms with E-state index in [4.69, 9.17) is 11.6 Å². The zero-order chi connectivity index (χ0) is 8.53. The minimum Gasteiger partial charge on any atom is -0.391 e. The Morgan fingerprint density at radius 3 is 2.69 bits per heavy atom. The third-order valence-corrected chi connectivity index (χ3v) is 7.09. The lowest BCUT2D eigenvalue weighted by molar-refractivity contribution is 0.121. The molecule has 6 fully saturated rings. The van der Waals surface area contributed by atoms with E-state index in [1.54, 1.807) is 0 Å². The van der Waals surface area contributed by atoms with Crippen LogP contribution in [0.15, 0.2) is 0 Å². The van der Waals surface area contributed by atoms with Crippen LogP contribution in [0, 0.1) is 41.4 Å². The molecule has 6 bridgehead atoms. The second kappa shape index (κ2) is 1.49. The number of rotatable bonds is 0. The Morgan fingerprint density at radius 1 is 1.08 bits per heavy atom. The molecule has 0 unspecified atom stereocenters. The fourth-order valence-corrected chi connectivity index (χ4v) is 7.21. The van der Waals surface area contributed by atoms with Gasteiger partial charge in [-0.25, -0.2) is 0 Å². The minimum atomic E-state index is -0.142. The van der Waals surface area contributed by atoms with Gasteiger partial charge in [0.2, 0.25) is 0 Å². The standard InChI is InChI=1S/C11H13ClO/c12-11-6-2-4-3-1-5(9(4)11)8(7(3)6)10(11)13/h3-10,13H,1-2H2/t3-,4+,5+,6-,7-,8-,9+,10+,11+/m0/s1. The van der Waals surface area contributed by atoms with E-state index in [9.17, 15) is 5.11 Å². The van der Waals surface area contributed by atoms with Crippen LogP contribution in [0.2, 0.25) is 0 Å². The van der Waals surface area contributed by atoms with Gasteiger partial charge in [0, 0.05) is 0 Å². The summed E-state index contributed by atoms with van der Waals surface area (Å²) in [6.45, 7) is 0. The zero-order valence-corrected chi connectivity index (χ0v) is 8.11. The van der Waals surface area contributed by atoms with Crippen molar-refractivity contribution in [1.82, 2.24) is 0 Å². The summed E-state index contributed by atoms with van der Waals surface area (Å²) in [6, 6.07) is 0. The van der Waals surface area contributed by atoms with Crippen molar-refractivity contribution < 1.29 is 5.11 Å². The third-order valence-electron chi connectivity index (χ3n) is 6.34. The number of halogens is 1. The highest BCUT2D eigenvalue weighted by molar-refractivity contribution is 6.26. The molecule has 6 aliphatic carbocycles. The van der Waals surface area contributed by atoms with Crippen LogP contribution in [-0.2, 0) is 0 Å². The number of alkyl halides is 1. The predicted octanol–water partition coefficient (Wildman–Crippen LogP) is 1.49. The largest absolute Gasteiger partial charge is 0.391 e. The molecule has 0 aliphatic heterocycles. The summed E-state index contributed by atoms with van der Waals surface area (Å²) in [5.41, 5.74) is 0. The molecule has 0 aromatic rings. The molecule has 0 radical (unpaired) electrons. The second-order valence-corrected chi connectivity index (χ2v) is 6.68. The summed E-state index contributed by atoms with van der Waals surface area (Å²) in [6.07, 6.45) is 2.62. The first-order chi connectivity index (χ1) is 6.24. The summed E-state index contributed by atoms with van der Waals surface area (Å²) in [4.78, 5) is -0.141. The van der Waals surface area contributed by atoms with E-state index in [2.05, 4.69) is 0 Å². The van der Waals surface area contributed by atoms with Gasteiger partial charge in [-0.05, 0) is 54.3 Å². The van der Waals surface area contributed by atoms with Crippen LogP contribution in [0.5, 0.6) is 0 Å². The maximum Gasteiger partial charge on any atom is 0.0772 e. The van der Waals surface area contributed by atoms with Crippen molar-refractivity contribution in [3.63, 3.8) is 0 Å². The predicted molar refractivity (Wildman–Crippen MR) is 48.3 cm³/mol. The minimum absolute atomic E-state index is 0.141. The first-order valence-corrected chi connectivity index (χ1v) is 5.99. The molecule has 1 N–H and O–H groups in total. The fourth-order valence-electron chi connectivity index (χ4n) is 6.50. The molecule has 0 spiro atoms. The Kier molecular flexibility index (Phi) is 0.766. The quantitative estimate of drug-likeness (QED) is 0.582. The Bertz CT molecular complexity index is 326. The summed E-state index contributed by atoms with van der Waals surface area (Å²) >= 11 is 6.71. The van der Waals surface area contributed by atoms with Gasteiger partial charge >= 0.3 is 0 Å². The Balaban J connectivity index is 1.90. The average molecular weight is 197 g/mol. The van der Waals surface area contributed by atoms with Gasteiger partial charge in [-0.15, -0.1) is 11.6 Å². The molecule has 1 nitrogen and oxygen atoms in total. The van der Waals surface area contributed by atoms with Crippen LogP contribution < -0.4 is 0 Å². The highest BCUT2D eigenvalue weighted by Crippen LogP contribution is 2.85. The van der Waals surface area contributed by atoms with E-state index < -0.39 is 0 Å². The smallest absolute Gasteiger partial charge is 0.0772 e. The molecule has 0 aromatic carbocycles. The van der Waals surface area contributed by atoms with Gasteiger partial charge in [0.05, 0.1) is 11.0 Å². The molecular weight excluding hydrogens is 184 g/mol. The van der Waals surface area contributed by atoms with E-state index in [1.807, 2.05) is 0 Å². The van der Waals surface area contributed by atoms with Crippen LogP contribution in [0.4, 0.5) is 0 Å². The number of aliphatic hydroxyl groups is 1. The summed E-state index contributed by atoms with van der Waals surface area (Å²) in [5, 5.41) is 10.2. The zero-order valence-electron chi connectivity index (χ0n) is 7.36. The van der Waals surface area contributed by atoms with Crippen LogP contribution in [0.25, 0.3) is 0 Å². The van der Waals surface area contributed by atoms with Crippen LogP contribution in [-0.4, -0.2) is 16.1 Å². The lowest BCUT2D eigenvalue weighted by atomic mass is 9.71. The lowest BCUT2D eigenvalue weighted by Crippen LogP contribution is -2.41. The first kappa shape index (κ1) is 6.68. The molecular formula is C11H13ClO. The summed E-state index contributed by atoms with van der Waals surface area (Å²) in [7, 11) is 0. The maximum atomic E-state index is 10.2. The van der Waals surface area contributed by atoms with Crippen LogP contribution in [0.3, 0.4) is 0 Å². The summed E-state index contributed by atoms with van der Waals surface area (Å²) in [5.74, 6) is 5.61. The topological polar surface area (TPSA) is 20.2 Å². The van der Waals surface area contributed by atoms with Crippen molar-refractivity contribution in [3.8, 4) is 0 Å². The highest BCUT2D eigenvalue weighted by Gasteiger charge is 2.86. The van der Waals surface area contributed by atoms with Crippen molar-refractivity contribution in [3.05, 3.63) is 0 Å². The number of hydrogen-bond acceptors (Lipinski definition) is 1. The maximum absolute atomic E-state index is 10.2. The molecule has 0 saturated heterocycles. The second-order valence-electron chi connectivity index (χ2n) is 6.02. The third kappa shape index (κ3) is 0.379. The molecule has 6 rings (SSSR count). The molecule has 9 atom stereocenters. The number of aliphatic hydroxyl groups excluding tert-OH is 1. The SMILES string of the molecule is O[C@@H]1[C@H]2[C@H]3C[C@H]4[C@H]5C[C@@H]([C@H]42)[C@@]1(Cl)[C@H]53. The molecule has 70 valence electrons. The van der Waals surface area contributed by atoms with Gasteiger partial charge in [-0.1, -0.05) is 0 Å². The van der Waals surface area contributed by atoms with Gasteiger partial charge in [-0.2, -0.15) is 0 Å². The van der Waals surface area contributed by atoms with Crippen LogP contribution in [0.1, 0.15) is 12.8 Å². The summed E-state index contributed by atoms with van der Waals surface area (Å²) < 4.78 is 0. The molecule has 2 heteroatoms. The molecule has 0 heterocycles. The van der Waals surface area contributed by atoms with E-state index in [0.717, 1.165) is 23.7 Å². The first-order valence-electron chi connectivity index (χ1n) is 5.61. The number of hydrogen-bond donors (Lipinski definition) is 1. The van der Waals surface area contributed by atoms with Gasteiger partial charge in [0.25, 0.3) is 0 Å². The Morgan fingerprint density at radius 2 is 1.92 bits per heavy atom. The van der Waals surface area contributed by atoms with Gasteiger partial charge in [0.1, 0.15) is 0 Å². The molecule has 0 amide bonds. The van der Waals surface area contributed by atoms with Gasteiger partial charge < -0.3 is 5.11 Å². The Labute approximate surface area is 82.5 Å². The van der Waals surface area contributed by atoms with Crippen molar-refractivity contribution in [2.24, 2.45) is 41.4 Å². The van der Waals surface area contributed by atoms with Crippen molar-refractivity contribution in [2.75, 3.05) is 0 Å². The molecule has 6 saturated carbocycles. The van der Waals surface area contributed by atoms with Crippen molar-refractivity contribution in [2.45, 2.75) is 23.8 Å². The monoisotopic (exact) mass is 196 g/mol. The lowest BCUT2D eigenvalue weighted by Gasteiger charge is -2.38. The Hall–Kier alpha value is 0.250. The van der Waals surface area contributed by atoms with E-state index >= 15 is 0 Å². The van der Waals surface area contributed by atoms with E-state index in [0.29, 0.717) is 17.8 Å². The molecule has 13 heavy (non-hydrogen) atoms. The van der Waals surface area contributed by atoms with E-state index in [1.165, 1.54) is 12.8 Å². The average Bonchev–Trinajstić information content (AvgIpc) is 2.73. The highest BCUT2D eigenvalue weighted by atomic mass is 35.5. The van der Waals surface area contributed by atoms with Crippen LogP contribution >= 0.6 is 11.6 Å². The van der Waals surface area contributed by atoms with Gasteiger partial charge in [-0.3, -0.25) is 0 Å². The van der Waals surface area contributed by atoms with E-state index in [-0.39, 0.29) is 11.0 Å². The van der Waals surface area contributed by atoms with Crippen molar-refractivity contribution in [1.29, 1.82) is 0 Å². The fraction of sp³-hybridized carbons (Fsp3) is 1.00.